The van der Waals surface area contributed by atoms with Crippen LogP contribution in [0.3, 0.4) is 0 Å². The molecule has 0 saturated carbocycles. The maximum Gasteiger partial charge on any atom is 0.356 e. The fourth-order valence-corrected chi connectivity index (χ4v) is 0.827. The lowest BCUT2D eigenvalue weighted by Crippen LogP contribution is -2.29. The van der Waals surface area contributed by atoms with Gasteiger partial charge in [0.2, 0.25) is 0 Å². The summed E-state index contributed by atoms with van der Waals surface area (Å²) in [5.41, 5.74) is 1.29. The normalized spacial score (nSPS) is 13.0. The van der Waals surface area contributed by atoms with Crippen molar-refractivity contribution in [2.75, 3.05) is 0 Å². The molecule has 0 aromatic rings. The second-order valence-electron chi connectivity index (χ2n) is 3.84. The van der Waals surface area contributed by atoms with Crippen LogP contribution < -0.4 is 10.9 Å². The molecule has 5 N–H and O–H groups in total. The quantitative estimate of drug-likeness (QED) is 0.213. The van der Waals surface area contributed by atoms with E-state index in [1.54, 1.807) is 0 Å². The van der Waals surface area contributed by atoms with E-state index in [-0.39, 0.29) is 5.71 Å². The highest BCUT2D eigenvalue weighted by Gasteiger charge is 2.21. The van der Waals surface area contributed by atoms with Crippen LogP contribution in [0.5, 0.6) is 0 Å². The highest BCUT2D eigenvalue weighted by atomic mass is 16.4. The number of hydrogen-bond acceptors (Lipinski definition) is 8. The largest absolute Gasteiger partial charge is 0.477 e. The molecular weight excluding hydrogens is 300 g/mol. The van der Waals surface area contributed by atoms with Crippen molar-refractivity contribution in [3.63, 3.8) is 0 Å². The summed E-state index contributed by atoms with van der Waals surface area (Å²) in [6, 6.07) is 0. The third-order valence-corrected chi connectivity index (χ3v) is 2.17. The van der Waals surface area contributed by atoms with Crippen LogP contribution in [0.25, 0.3) is 0 Å². The number of hydrazone groups is 2. The second-order valence-corrected chi connectivity index (χ2v) is 3.84. The summed E-state index contributed by atoms with van der Waals surface area (Å²) in [5, 5.41) is 33.2. The van der Waals surface area contributed by atoms with Crippen LogP contribution >= 0.6 is 0 Å². The van der Waals surface area contributed by atoms with Gasteiger partial charge in [-0.2, -0.15) is 10.2 Å². The molecule has 0 aliphatic heterocycles. The summed E-state index contributed by atoms with van der Waals surface area (Å²) in [4.78, 5) is 43.6. The standard InChI is InChI=1S/C11H14N4O7/c1-4(6(3)16)12-14-7(10(19)20)8(11(21)22)15-13-5(2)9(17)18/h14-15H,1-3H3,(H,17,18)(H,19,20)(H,21,22). The predicted octanol–water partition coefficient (Wildman–Crippen LogP) is -1.03. The zero-order chi connectivity index (χ0) is 17.4. The molecule has 0 rings (SSSR count). The van der Waals surface area contributed by atoms with Crippen LogP contribution in [0.1, 0.15) is 20.8 Å². The Morgan fingerprint density at radius 3 is 1.32 bits per heavy atom. The van der Waals surface area contributed by atoms with E-state index in [9.17, 15) is 19.2 Å². The molecule has 22 heavy (non-hydrogen) atoms. The Labute approximate surface area is 124 Å². The Bertz CT molecular complexity index is 552. The summed E-state index contributed by atoms with van der Waals surface area (Å²) in [5.74, 6) is -5.30. The molecule has 0 saturated heterocycles. The lowest BCUT2D eigenvalue weighted by molar-refractivity contribution is -0.136. The molecular formula is C11H14N4O7. The highest BCUT2D eigenvalue weighted by Crippen LogP contribution is 2.01. The van der Waals surface area contributed by atoms with Gasteiger partial charge in [0.15, 0.2) is 17.2 Å². The first-order valence-electron chi connectivity index (χ1n) is 5.63. The van der Waals surface area contributed by atoms with E-state index in [4.69, 9.17) is 15.3 Å². The third kappa shape index (κ3) is 5.81. The first-order valence-corrected chi connectivity index (χ1v) is 5.63. The summed E-state index contributed by atoms with van der Waals surface area (Å²) in [7, 11) is 0. The average Bonchev–Trinajstić information content (AvgIpc) is 2.40. The fraction of sp³-hybridized carbons (Fsp3) is 0.273. The van der Waals surface area contributed by atoms with Crippen molar-refractivity contribution in [3.05, 3.63) is 11.4 Å². The van der Waals surface area contributed by atoms with Crippen molar-refractivity contribution in [1.29, 1.82) is 0 Å². The topological polar surface area (TPSA) is 178 Å². The fourth-order valence-electron chi connectivity index (χ4n) is 0.827. The van der Waals surface area contributed by atoms with E-state index in [0.717, 1.165) is 6.92 Å². The van der Waals surface area contributed by atoms with Crippen LogP contribution in [0, 0.1) is 0 Å². The van der Waals surface area contributed by atoms with Gasteiger partial charge in [-0.25, -0.2) is 14.4 Å². The predicted molar refractivity (Wildman–Crippen MR) is 73.1 cm³/mol. The minimum atomic E-state index is -1.72. The van der Waals surface area contributed by atoms with Gasteiger partial charge in [-0.1, -0.05) is 0 Å². The summed E-state index contributed by atoms with van der Waals surface area (Å²) in [6.07, 6.45) is 0. The van der Waals surface area contributed by atoms with Crippen molar-refractivity contribution in [2.45, 2.75) is 20.8 Å². The van der Waals surface area contributed by atoms with Gasteiger partial charge < -0.3 is 15.3 Å². The maximum atomic E-state index is 11.1. The van der Waals surface area contributed by atoms with Crippen LogP contribution in [-0.4, -0.2) is 50.4 Å². The number of carbonyl (C=O) groups is 4. The zero-order valence-electron chi connectivity index (χ0n) is 11.9. The number of rotatable bonds is 8. The Morgan fingerprint density at radius 2 is 1.05 bits per heavy atom. The molecule has 0 unspecified atom stereocenters. The van der Waals surface area contributed by atoms with E-state index in [0.29, 0.717) is 0 Å². The van der Waals surface area contributed by atoms with Gasteiger partial charge in [0, 0.05) is 6.92 Å². The average molecular weight is 314 g/mol. The number of nitrogens with one attached hydrogen (secondary N) is 2. The number of nitrogens with zero attached hydrogens (tertiary/aromatic N) is 2. The van der Waals surface area contributed by atoms with E-state index in [1.165, 1.54) is 13.8 Å². The van der Waals surface area contributed by atoms with Crippen LogP contribution in [-0.2, 0) is 19.2 Å². The van der Waals surface area contributed by atoms with Gasteiger partial charge in [0.25, 0.3) is 0 Å². The van der Waals surface area contributed by atoms with Crippen molar-refractivity contribution in [3.8, 4) is 0 Å². The maximum absolute atomic E-state index is 11.1. The van der Waals surface area contributed by atoms with Gasteiger partial charge in [-0.05, 0) is 13.8 Å². The number of carbonyl (C=O) groups excluding carboxylic acids is 1. The molecule has 11 heteroatoms. The van der Waals surface area contributed by atoms with Crippen molar-refractivity contribution in [2.24, 2.45) is 10.2 Å². The second kappa shape index (κ2) is 8.14. The molecule has 0 aromatic carbocycles. The van der Waals surface area contributed by atoms with Crippen molar-refractivity contribution in [1.82, 2.24) is 10.9 Å². The lowest BCUT2D eigenvalue weighted by Gasteiger charge is -2.08. The van der Waals surface area contributed by atoms with Gasteiger partial charge in [0.05, 0.1) is 0 Å². The summed E-state index contributed by atoms with van der Waals surface area (Å²) in [6.45, 7) is 3.54. The molecule has 0 aliphatic rings. The molecule has 0 amide bonds. The molecule has 0 aliphatic carbocycles. The first-order chi connectivity index (χ1) is 10.1. The summed E-state index contributed by atoms with van der Waals surface area (Å²) < 4.78 is 0. The number of Topliss-reactive ketones (excluding diaryl/α,β-unsaturated/α-hetero) is 1. The molecule has 0 fully saturated rings. The molecule has 120 valence electrons. The van der Waals surface area contributed by atoms with Crippen molar-refractivity contribution >= 4 is 35.1 Å². The van der Waals surface area contributed by atoms with Crippen LogP contribution in [0.2, 0.25) is 0 Å². The molecule has 0 aromatic heterocycles. The molecule has 11 nitrogen and oxygen atoms in total. The highest BCUT2D eigenvalue weighted by molar-refractivity contribution is 6.38. The molecule has 0 bridgehead atoms. The molecule has 0 atom stereocenters. The third-order valence-electron chi connectivity index (χ3n) is 2.17. The Balaban J connectivity index is 5.68. The van der Waals surface area contributed by atoms with Gasteiger partial charge in [0.1, 0.15) is 11.4 Å². The molecule has 0 radical (unpaired) electrons. The minimum absolute atomic E-state index is 0.0892. The smallest absolute Gasteiger partial charge is 0.356 e. The molecule has 0 heterocycles. The number of aliphatic carboxylic acids is 3. The van der Waals surface area contributed by atoms with Crippen molar-refractivity contribution < 1.29 is 34.5 Å². The number of ketones is 1. The number of carboxylic acids is 3. The zero-order valence-corrected chi connectivity index (χ0v) is 11.9. The molecule has 0 spiro atoms. The van der Waals surface area contributed by atoms with Crippen LogP contribution in [0.4, 0.5) is 0 Å². The lowest BCUT2D eigenvalue weighted by atomic mass is 10.3. The van der Waals surface area contributed by atoms with Gasteiger partial charge in [-0.3, -0.25) is 15.6 Å². The monoisotopic (exact) mass is 314 g/mol. The minimum Gasteiger partial charge on any atom is -0.477 e. The Hall–Kier alpha value is -3.24. The van der Waals surface area contributed by atoms with E-state index in [2.05, 4.69) is 10.2 Å². The number of hydrogen-bond donors (Lipinski definition) is 5. The first kappa shape index (κ1) is 18.8. The number of carboxylic acid groups (broad SMARTS) is 3. The summed E-state index contributed by atoms with van der Waals surface area (Å²) >= 11 is 0. The van der Waals surface area contributed by atoms with E-state index in [1.807, 2.05) is 10.9 Å². The van der Waals surface area contributed by atoms with E-state index < -0.39 is 40.8 Å². The Kier molecular flexibility index (Phi) is 6.94. The van der Waals surface area contributed by atoms with E-state index >= 15 is 0 Å². The van der Waals surface area contributed by atoms with Crippen LogP contribution in [0.15, 0.2) is 21.6 Å². The van der Waals surface area contributed by atoms with Gasteiger partial charge >= 0.3 is 17.9 Å². The Morgan fingerprint density at radius 1 is 0.682 bits per heavy atom. The SMILES string of the molecule is CC(=O)C(C)=NNC(C(=O)O)=C(NN=C(C)C(=O)O)C(=O)O. The van der Waals surface area contributed by atoms with Gasteiger partial charge in [-0.15, -0.1) is 0 Å².